The second kappa shape index (κ2) is 7.86. The van der Waals surface area contributed by atoms with Crippen molar-refractivity contribution < 1.29 is 19.6 Å². The molecule has 0 bridgehead atoms. The van der Waals surface area contributed by atoms with Crippen molar-refractivity contribution in [3.8, 4) is 11.5 Å². The number of carbonyl (C=O) groups excluding carboxylic acids is 1. The Morgan fingerprint density at radius 3 is 2.31 bits per heavy atom. The molecule has 7 nitrogen and oxygen atoms in total. The summed E-state index contributed by atoms with van der Waals surface area (Å²) in [5, 5.41) is 20.0. The number of phenolic OH excluding ortho intramolecular Hbond substituents is 1. The van der Waals surface area contributed by atoms with Gasteiger partial charge in [-0.15, -0.1) is 0 Å². The van der Waals surface area contributed by atoms with Crippen LogP contribution in [0.3, 0.4) is 0 Å². The molecule has 1 aliphatic rings. The lowest BCUT2D eigenvalue weighted by molar-refractivity contribution is -0.384. The van der Waals surface area contributed by atoms with Crippen LogP contribution in [0.15, 0.2) is 48.5 Å². The monoisotopic (exact) mass is 356 g/mol. The molecule has 0 atom stereocenters. The second-order valence-corrected chi connectivity index (χ2v) is 6.29. The molecule has 2 aromatic carbocycles. The molecule has 1 saturated heterocycles. The predicted octanol–water partition coefficient (Wildman–Crippen LogP) is 3.09. The number of nitro benzene ring substituents is 1. The van der Waals surface area contributed by atoms with Gasteiger partial charge in [0.15, 0.2) is 6.61 Å². The first kappa shape index (κ1) is 17.7. The van der Waals surface area contributed by atoms with Gasteiger partial charge in [0.2, 0.25) is 0 Å². The molecule has 0 aromatic heterocycles. The van der Waals surface area contributed by atoms with Gasteiger partial charge < -0.3 is 14.7 Å². The Kier molecular flexibility index (Phi) is 5.36. The van der Waals surface area contributed by atoms with Gasteiger partial charge in [-0.2, -0.15) is 0 Å². The van der Waals surface area contributed by atoms with E-state index in [1.165, 1.54) is 29.8 Å². The van der Waals surface area contributed by atoms with Crippen molar-refractivity contribution in [1.82, 2.24) is 4.90 Å². The lowest BCUT2D eigenvalue weighted by atomic mass is 9.89. The first-order valence-electron chi connectivity index (χ1n) is 8.47. The molecular weight excluding hydrogens is 336 g/mol. The Morgan fingerprint density at radius 1 is 1.12 bits per heavy atom. The molecular formula is C19H20N2O5. The average Bonchev–Trinajstić information content (AvgIpc) is 2.67. The maximum Gasteiger partial charge on any atom is 0.269 e. The Balaban J connectivity index is 1.47. The normalized spacial score (nSPS) is 14.8. The smallest absolute Gasteiger partial charge is 0.269 e. The fraction of sp³-hybridized carbons (Fsp3) is 0.316. The van der Waals surface area contributed by atoms with Crippen LogP contribution >= 0.6 is 0 Å². The van der Waals surface area contributed by atoms with Gasteiger partial charge in [0.1, 0.15) is 11.5 Å². The van der Waals surface area contributed by atoms with Gasteiger partial charge in [0.25, 0.3) is 11.6 Å². The number of benzene rings is 2. The molecule has 1 aliphatic heterocycles. The highest BCUT2D eigenvalue weighted by Crippen LogP contribution is 2.29. The number of hydrogen-bond donors (Lipinski definition) is 1. The second-order valence-electron chi connectivity index (χ2n) is 6.29. The van der Waals surface area contributed by atoms with E-state index in [9.17, 15) is 20.0 Å². The maximum atomic E-state index is 12.3. The largest absolute Gasteiger partial charge is 0.508 e. The molecule has 1 amide bonds. The third kappa shape index (κ3) is 4.30. The minimum Gasteiger partial charge on any atom is -0.508 e. The third-order valence-corrected chi connectivity index (χ3v) is 4.62. The molecule has 7 heteroatoms. The summed E-state index contributed by atoms with van der Waals surface area (Å²) in [5.74, 6) is 0.982. The third-order valence-electron chi connectivity index (χ3n) is 4.62. The number of nitrogens with zero attached hydrogens (tertiary/aromatic N) is 2. The van der Waals surface area contributed by atoms with E-state index in [0.29, 0.717) is 24.8 Å². The van der Waals surface area contributed by atoms with E-state index >= 15 is 0 Å². The van der Waals surface area contributed by atoms with Crippen molar-refractivity contribution in [2.75, 3.05) is 19.7 Å². The molecule has 3 rings (SSSR count). The highest BCUT2D eigenvalue weighted by atomic mass is 16.6. The van der Waals surface area contributed by atoms with E-state index in [0.717, 1.165) is 12.8 Å². The van der Waals surface area contributed by atoms with Crippen LogP contribution in [0.4, 0.5) is 5.69 Å². The summed E-state index contributed by atoms with van der Waals surface area (Å²) in [6, 6.07) is 12.9. The zero-order valence-electron chi connectivity index (χ0n) is 14.2. The molecule has 2 aromatic rings. The summed E-state index contributed by atoms with van der Waals surface area (Å²) in [7, 11) is 0. The Hall–Kier alpha value is -3.09. The molecule has 1 heterocycles. The van der Waals surface area contributed by atoms with E-state index in [1.54, 1.807) is 17.0 Å². The van der Waals surface area contributed by atoms with E-state index in [-0.39, 0.29) is 24.0 Å². The lowest BCUT2D eigenvalue weighted by Crippen LogP contribution is -2.40. The number of piperidine rings is 1. The van der Waals surface area contributed by atoms with Crippen LogP contribution in [-0.4, -0.2) is 40.5 Å². The number of nitro groups is 1. The van der Waals surface area contributed by atoms with E-state index in [4.69, 9.17) is 4.74 Å². The van der Waals surface area contributed by atoms with Crippen LogP contribution in [0, 0.1) is 10.1 Å². The first-order chi connectivity index (χ1) is 12.5. The summed E-state index contributed by atoms with van der Waals surface area (Å²) in [5.41, 5.74) is 1.16. The minimum absolute atomic E-state index is 0.0139. The number of aromatic hydroxyl groups is 1. The zero-order chi connectivity index (χ0) is 18.5. The number of non-ortho nitro benzene ring substituents is 1. The highest BCUT2D eigenvalue weighted by molar-refractivity contribution is 5.77. The Bertz CT molecular complexity index is 766. The molecule has 136 valence electrons. The van der Waals surface area contributed by atoms with E-state index in [2.05, 4.69) is 0 Å². The fourth-order valence-corrected chi connectivity index (χ4v) is 3.11. The number of ether oxygens (including phenoxy) is 1. The standard InChI is InChI=1S/C19H20N2O5/c22-17-5-1-14(2-6-17)15-9-11-20(12-10-15)19(23)13-26-18-7-3-16(4-8-18)21(24)25/h1-8,15,22H,9-13H2. The molecule has 1 fully saturated rings. The first-order valence-corrected chi connectivity index (χ1v) is 8.47. The van der Waals surface area contributed by atoms with Crippen LogP contribution in [0.2, 0.25) is 0 Å². The van der Waals surface area contributed by atoms with Crippen molar-refractivity contribution in [2.45, 2.75) is 18.8 Å². The summed E-state index contributed by atoms with van der Waals surface area (Å²) >= 11 is 0. The molecule has 0 aliphatic carbocycles. The Morgan fingerprint density at radius 2 is 1.73 bits per heavy atom. The summed E-state index contributed by atoms with van der Waals surface area (Å²) in [6.45, 7) is 1.24. The van der Waals surface area contributed by atoms with Gasteiger partial charge >= 0.3 is 0 Å². The van der Waals surface area contributed by atoms with Gasteiger partial charge in [-0.3, -0.25) is 14.9 Å². The maximum absolute atomic E-state index is 12.3. The predicted molar refractivity (Wildman–Crippen MR) is 95.3 cm³/mol. The van der Waals surface area contributed by atoms with Crippen molar-refractivity contribution in [1.29, 1.82) is 0 Å². The van der Waals surface area contributed by atoms with Crippen molar-refractivity contribution in [2.24, 2.45) is 0 Å². The summed E-state index contributed by atoms with van der Waals surface area (Å²) in [6.07, 6.45) is 1.74. The Labute approximate surface area is 151 Å². The van der Waals surface area contributed by atoms with Crippen LogP contribution in [0.5, 0.6) is 11.5 Å². The van der Waals surface area contributed by atoms with Gasteiger partial charge in [0, 0.05) is 25.2 Å². The van der Waals surface area contributed by atoms with Crippen molar-refractivity contribution in [3.63, 3.8) is 0 Å². The van der Waals surface area contributed by atoms with Gasteiger partial charge in [-0.1, -0.05) is 12.1 Å². The number of hydrogen-bond acceptors (Lipinski definition) is 5. The average molecular weight is 356 g/mol. The van der Waals surface area contributed by atoms with Crippen molar-refractivity contribution in [3.05, 3.63) is 64.2 Å². The van der Waals surface area contributed by atoms with Crippen LogP contribution < -0.4 is 4.74 Å². The number of rotatable bonds is 5. The molecule has 0 spiro atoms. The lowest BCUT2D eigenvalue weighted by Gasteiger charge is -2.32. The number of amides is 1. The van der Waals surface area contributed by atoms with Crippen LogP contribution in [0.1, 0.15) is 24.3 Å². The number of likely N-dealkylation sites (tertiary alicyclic amines) is 1. The van der Waals surface area contributed by atoms with Crippen molar-refractivity contribution >= 4 is 11.6 Å². The molecule has 26 heavy (non-hydrogen) atoms. The summed E-state index contributed by atoms with van der Waals surface area (Å²) in [4.78, 5) is 24.2. The minimum atomic E-state index is -0.479. The zero-order valence-corrected chi connectivity index (χ0v) is 14.2. The van der Waals surface area contributed by atoms with Gasteiger partial charge in [-0.05, 0) is 48.6 Å². The highest BCUT2D eigenvalue weighted by Gasteiger charge is 2.24. The molecule has 1 N–H and O–H groups in total. The fourth-order valence-electron chi connectivity index (χ4n) is 3.11. The molecule has 0 saturated carbocycles. The molecule has 0 radical (unpaired) electrons. The van der Waals surface area contributed by atoms with E-state index < -0.39 is 4.92 Å². The topological polar surface area (TPSA) is 92.9 Å². The number of phenols is 1. The van der Waals surface area contributed by atoms with Gasteiger partial charge in [-0.25, -0.2) is 0 Å². The SMILES string of the molecule is O=C(COc1ccc([N+](=O)[O-])cc1)N1CCC(c2ccc(O)cc2)CC1. The van der Waals surface area contributed by atoms with Gasteiger partial charge in [0.05, 0.1) is 4.92 Å². The summed E-state index contributed by atoms with van der Waals surface area (Å²) < 4.78 is 5.44. The van der Waals surface area contributed by atoms with E-state index in [1.807, 2.05) is 12.1 Å². The quantitative estimate of drug-likeness (QED) is 0.656. The molecule has 0 unspecified atom stereocenters. The van der Waals surface area contributed by atoms with Crippen LogP contribution in [0.25, 0.3) is 0 Å². The number of carbonyl (C=O) groups is 1. The van der Waals surface area contributed by atoms with Crippen LogP contribution in [-0.2, 0) is 4.79 Å².